The van der Waals surface area contributed by atoms with Crippen LogP contribution in [0.5, 0.6) is 0 Å². The minimum Gasteiger partial charge on any atom is -0.354 e. The monoisotopic (exact) mass is 271 g/mol. The summed E-state index contributed by atoms with van der Waals surface area (Å²) >= 11 is 0. The molecule has 0 aliphatic rings. The number of carbonyl (C=O) groups excluding carboxylic acids is 3. The summed E-state index contributed by atoms with van der Waals surface area (Å²) in [5.74, 6) is -0.402. The molecule has 0 aromatic rings. The highest BCUT2D eigenvalue weighted by atomic mass is 16.2. The van der Waals surface area contributed by atoms with Gasteiger partial charge >= 0.3 is 0 Å². The maximum absolute atomic E-state index is 11.4. The topological polar surface area (TPSA) is 87.3 Å². The number of Topliss-reactive ketones (excluding diaryl/α,β-unsaturated/α-hetero) is 1. The van der Waals surface area contributed by atoms with Crippen LogP contribution in [0.15, 0.2) is 0 Å². The van der Waals surface area contributed by atoms with Crippen LogP contribution >= 0.6 is 0 Å². The molecule has 6 heteroatoms. The zero-order chi connectivity index (χ0) is 14.8. The summed E-state index contributed by atoms with van der Waals surface area (Å²) in [6, 6.07) is 0.224. The van der Waals surface area contributed by atoms with E-state index in [0.29, 0.717) is 13.0 Å². The first kappa shape index (κ1) is 17.6. The molecule has 3 N–H and O–H groups in total. The summed E-state index contributed by atoms with van der Waals surface area (Å²) in [6.07, 6.45) is 0.326. The standard InChI is InChI=1S/C13H25N3O3/c1-9(2)11(17)5-6-14-12(18)8-16-13(19)7-15-10(3)4/h9-10,15H,5-8H2,1-4H3,(H,14,18)(H,16,19). The minimum absolute atomic E-state index is 0.0151. The van der Waals surface area contributed by atoms with Gasteiger partial charge in [0.1, 0.15) is 5.78 Å². The van der Waals surface area contributed by atoms with E-state index in [9.17, 15) is 14.4 Å². The second-order valence-corrected chi connectivity index (χ2v) is 5.03. The largest absolute Gasteiger partial charge is 0.354 e. The summed E-state index contributed by atoms with van der Waals surface area (Å²) in [7, 11) is 0. The van der Waals surface area contributed by atoms with E-state index in [0.717, 1.165) is 0 Å². The Bertz CT molecular complexity index is 314. The molecule has 0 heterocycles. The Balaban J connectivity index is 3.64. The molecule has 0 aliphatic carbocycles. The molecule has 0 atom stereocenters. The van der Waals surface area contributed by atoms with Gasteiger partial charge in [0.05, 0.1) is 13.1 Å². The highest BCUT2D eigenvalue weighted by Gasteiger charge is 2.08. The SMILES string of the molecule is CC(C)NCC(=O)NCC(=O)NCCC(=O)C(C)C. The second kappa shape index (κ2) is 9.49. The molecule has 0 radical (unpaired) electrons. The Morgan fingerprint density at radius 1 is 0.895 bits per heavy atom. The van der Waals surface area contributed by atoms with Gasteiger partial charge in [-0.25, -0.2) is 0 Å². The third-order valence-corrected chi connectivity index (χ3v) is 2.45. The molecule has 6 nitrogen and oxygen atoms in total. The zero-order valence-corrected chi connectivity index (χ0v) is 12.2. The molecule has 0 aromatic carbocycles. The van der Waals surface area contributed by atoms with Crippen LogP contribution in [0, 0.1) is 5.92 Å². The highest BCUT2D eigenvalue weighted by molar-refractivity contribution is 5.86. The summed E-state index contributed by atoms with van der Waals surface area (Å²) in [4.78, 5) is 34.0. The average Bonchev–Trinajstić information content (AvgIpc) is 2.33. The molecule has 0 rings (SSSR count). The third kappa shape index (κ3) is 10.2. The Labute approximate surface area is 114 Å². The van der Waals surface area contributed by atoms with E-state index < -0.39 is 0 Å². The first-order chi connectivity index (χ1) is 8.82. The predicted octanol–water partition coefficient (Wildman–Crippen LogP) is -0.168. The molecule has 0 fully saturated rings. The van der Waals surface area contributed by atoms with Gasteiger partial charge in [-0.3, -0.25) is 14.4 Å². The van der Waals surface area contributed by atoms with Gasteiger partial charge in [0.25, 0.3) is 0 Å². The highest BCUT2D eigenvalue weighted by Crippen LogP contribution is 1.96. The maximum atomic E-state index is 11.4. The summed E-state index contributed by atoms with van der Waals surface area (Å²) < 4.78 is 0. The number of hydrogen-bond acceptors (Lipinski definition) is 4. The molecule has 0 unspecified atom stereocenters. The fraction of sp³-hybridized carbons (Fsp3) is 0.769. The summed E-state index contributed by atoms with van der Waals surface area (Å²) in [5.41, 5.74) is 0. The van der Waals surface area contributed by atoms with Gasteiger partial charge in [-0.05, 0) is 0 Å². The van der Waals surface area contributed by atoms with Crippen molar-refractivity contribution in [2.45, 2.75) is 40.2 Å². The first-order valence-corrected chi connectivity index (χ1v) is 6.62. The van der Waals surface area contributed by atoms with E-state index in [1.54, 1.807) is 0 Å². The van der Waals surface area contributed by atoms with Crippen LogP contribution in [0.4, 0.5) is 0 Å². The first-order valence-electron chi connectivity index (χ1n) is 6.62. The second-order valence-electron chi connectivity index (χ2n) is 5.03. The predicted molar refractivity (Wildman–Crippen MR) is 73.6 cm³/mol. The van der Waals surface area contributed by atoms with Crippen molar-refractivity contribution in [3.63, 3.8) is 0 Å². The maximum Gasteiger partial charge on any atom is 0.239 e. The lowest BCUT2D eigenvalue weighted by atomic mass is 10.1. The fourth-order valence-corrected chi connectivity index (χ4v) is 1.21. The molecule has 0 bridgehead atoms. The normalized spacial score (nSPS) is 10.6. The van der Waals surface area contributed by atoms with E-state index >= 15 is 0 Å². The lowest BCUT2D eigenvalue weighted by Crippen LogP contribution is -2.42. The van der Waals surface area contributed by atoms with Gasteiger partial charge in [0, 0.05) is 24.9 Å². The lowest BCUT2D eigenvalue weighted by Gasteiger charge is -2.09. The Morgan fingerprint density at radius 2 is 1.47 bits per heavy atom. The van der Waals surface area contributed by atoms with Gasteiger partial charge in [-0.2, -0.15) is 0 Å². The van der Waals surface area contributed by atoms with Crippen molar-refractivity contribution in [1.29, 1.82) is 0 Å². The number of ketones is 1. The van der Waals surface area contributed by atoms with Gasteiger partial charge < -0.3 is 16.0 Å². The van der Waals surface area contributed by atoms with E-state index in [4.69, 9.17) is 0 Å². The number of carbonyl (C=O) groups is 3. The van der Waals surface area contributed by atoms with Crippen LogP contribution in [0.25, 0.3) is 0 Å². The zero-order valence-electron chi connectivity index (χ0n) is 12.2. The molecular weight excluding hydrogens is 246 g/mol. The van der Waals surface area contributed by atoms with Crippen molar-refractivity contribution >= 4 is 17.6 Å². The Morgan fingerprint density at radius 3 is 2.00 bits per heavy atom. The van der Waals surface area contributed by atoms with E-state index in [2.05, 4.69) is 16.0 Å². The number of hydrogen-bond donors (Lipinski definition) is 3. The molecule has 19 heavy (non-hydrogen) atoms. The number of rotatable bonds is 9. The van der Waals surface area contributed by atoms with Crippen molar-refractivity contribution in [1.82, 2.24) is 16.0 Å². The van der Waals surface area contributed by atoms with E-state index in [1.807, 2.05) is 27.7 Å². The van der Waals surface area contributed by atoms with Crippen molar-refractivity contribution in [2.75, 3.05) is 19.6 Å². The van der Waals surface area contributed by atoms with Gasteiger partial charge in [0.2, 0.25) is 11.8 Å². The molecule has 2 amide bonds. The van der Waals surface area contributed by atoms with Crippen LogP contribution in [0.2, 0.25) is 0 Å². The Kier molecular flexibility index (Phi) is 8.78. The van der Waals surface area contributed by atoms with Crippen molar-refractivity contribution in [2.24, 2.45) is 5.92 Å². The van der Waals surface area contributed by atoms with Gasteiger partial charge in [0.15, 0.2) is 0 Å². The fourth-order valence-electron chi connectivity index (χ4n) is 1.21. The quantitative estimate of drug-likeness (QED) is 0.543. The molecule has 0 saturated heterocycles. The van der Waals surface area contributed by atoms with Crippen LogP contribution in [-0.2, 0) is 14.4 Å². The molecule has 0 saturated carbocycles. The molecule has 0 aliphatic heterocycles. The van der Waals surface area contributed by atoms with Crippen LogP contribution < -0.4 is 16.0 Å². The van der Waals surface area contributed by atoms with Gasteiger partial charge in [-0.15, -0.1) is 0 Å². The molecule has 0 aromatic heterocycles. The lowest BCUT2D eigenvalue weighted by molar-refractivity contribution is -0.126. The number of nitrogens with one attached hydrogen (secondary N) is 3. The van der Waals surface area contributed by atoms with Crippen molar-refractivity contribution < 1.29 is 14.4 Å². The van der Waals surface area contributed by atoms with E-state index in [1.165, 1.54) is 0 Å². The van der Waals surface area contributed by atoms with Gasteiger partial charge in [-0.1, -0.05) is 27.7 Å². The molecular formula is C13H25N3O3. The minimum atomic E-state index is -0.283. The molecule has 0 spiro atoms. The van der Waals surface area contributed by atoms with Crippen LogP contribution in [0.3, 0.4) is 0 Å². The smallest absolute Gasteiger partial charge is 0.239 e. The average molecular weight is 271 g/mol. The van der Waals surface area contributed by atoms with Crippen LogP contribution in [0.1, 0.15) is 34.1 Å². The molecule has 110 valence electrons. The van der Waals surface area contributed by atoms with Crippen LogP contribution in [-0.4, -0.2) is 43.3 Å². The third-order valence-electron chi connectivity index (χ3n) is 2.45. The summed E-state index contributed by atoms with van der Waals surface area (Å²) in [5, 5.41) is 8.05. The number of amides is 2. The van der Waals surface area contributed by atoms with Crippen molar-refractivity contribution in [3.05, 3.63) is 0 Å². The van der Waals surface area contributed by atoms with Crippen molar-refractivity contribution in [3.8, 4) is 0 Å². The Hall–Kier alpha value is -1.43. The summed E-state index contributed by atoms with van der Waals surface area (Å²) in [6.45, 7) is 7.97. The van der Waals surface area contributed by atoms with E-state index in [-0.39, 0.29) is 42.6 Å².